The summed E-state index contributed by atoms with van der Waals surface area (Å²) in [4.78, 5) is 0. The first-order chi connectivity index (χ1) is 9.63. The van der Waals surface area contributed by atoms with E-state index in [2.05, 4.69) is 16.7 Å². The average Bonchev–Trinajstić information content (AvgIpc) is 2.47. The lowest BCUT2D eigenvalue weighted by atomic mass is 10.1. The van der Waals surface area contributed by atoms with Crippen LogP contribution < -0.4 is 22.1 Å². The van der Waals surface area contributed by atoms with Gasteiger partial charge in [-0.3, -0.25) is 5.32 Å². The van der Waals surface area contributed by atoms with Gasteiger partial charge < -0.3 is 16.8 Å². The molecule has 20 heavy (non-hydrogen) atoms. The van der Waals surface area contributed by atoms with Crippen LogP contribution in [0.3, 0.4) is 0 Å². The lowest BCUT2D eigenvalue weighted by Gasteiger charge is -2.21. The van der Waals surface area contributed by atoms with Crippen LogP contribution >= 0.6 is 0 Å². The van der Waals surface area contributed by atoms with Gasteiger partial charge in [-0.2, -0.15) is 5.26 Å². The first kappa shape index (κ1) is 13.7. The van der Waals surface area contributed by atoms with Crippen molar-refractivity contribution in [3.05, 3.63) is 53.6 Å². The second-order valence-corrected chi connectivity index (χ2v) is 4.45. The number of nitrogens with two attached hydrogens (primary N) is 2. The highest BCUT2D eigenvalue weighted by molar-refractivity contribution is 5.59. The van der Waals surface area contributed by atoms with E-state index < -0.39 is 0 Å². The summed E-state index contributed by atoms with van der Waals surface area (Å²) in [6.45, 7) is 0. The van der Waals surface area contributed by atoms with Crippen LogP contribution in [0, 0.1) is 11.3 Å². The fourth-order valence-corrected chi connectivity index (χ4v) is 1.99. The van der Waals surface area contributed by atoms with Crippen molar-refractivity contribution in [2.24, 2.45) is 0 Å². The van der Waals surface area contributed by atoms with Crippen LogP contribution in [-0.4, -0.2) is 7.05 Å². The van der Waals surface area contributed by atoms with Gasteiger partial charge in [0.05, 0.1) is 11.6 Å². The Balaban J connectivity index is 2.29. The third kappa shape index (κ3) is 2.99. The monoisotopic (exact) mass is 267 g/mol. The van der Waals surface area contributed by atoms with Crippen LogP contribution in [-0.2, 0) is 0 Å². The Morgan fingerprint density at radius 2 is 1.95 bits per heavy atom. The predicted octanol–water partition coefficient (Wildman–Crippen LogP) is 2.05. The van der Waals surface area contributed by atoms with E-state index in [1.165, 1.54) is 0 Å². The molecule has 0 fully saturated rings. The fourth-order valence-electron chi connectivity index (χ4n) is 1.99. The summed E-state index contributed by atoms with van der Waals surface area (Å²) in [5.74, 6) is 0. The fraction of sp³-hybridized carbons (Fsp3) is 0.133. The minimum Gasteiger partial charge on any atom is -0.399 e. The van der Waals surface area contributed by atoms with Gasteiger partial charge in [-0.1, -0.05) is 6.07 Å². The molecule has 0 spiro atoms. The van der Waals surface area contributed by atoms with Crippen LogP contribution in [0.2, 0.25) is 0 Å². The van der Waals surface area contributed by atoms with Gasteiger partial charge in [0.15, 0.2) is 0 Å². The zero-order chi connectivity index (χ0) is 14.5. The molecule has 5 heteroatoms. The van der Waals surface area contributed by atoms with Crippen LogP contribution in [0.1, 0.15) is 17.3 Å². The van der Waals surface area contributed by atoms with Crippen LogP contribution in [0.4, 0.5) is 17.1 Å². The number of nitrogens with one attached hydrogen (secondary N) is 2. The van der Waals surface area contributed by atoms with Gasteiger partial charge in [-0.15, -0.1) is 0 Å². The summed E-state index contributed by atoms with van der Waals surface area (Å²) in [7, 11) is 1.83. The molecule has 5 nitrogen and oxygen atoms in total. The van der Waals surface area contributed by atoms with E-state index >= 15 is 0 Å². The van der Waals surface area contributed by atoms with Gasteiger partial charge in [0, 0.05) is 22.6 Å². The van der Waals surface area contributed by atoms with E-state index in [9.17, 15) is 0 Å². The third-order valence-electron chi connectivity index (χ3n) is 3.01. The molecule has 102 valence electrons. The standard InChI is InChI=1S/C15H17N5/c1-19-15(13-8-11(17)5-6-14(13)18)20-12-4-2-3-10(7-12)9-16/h2-8,15,19-20H,17-18H2,1H3. The average molecular weight is 267 g/mol. The highest BCUT2D eigenvalue weighted by Gasteiger charge is 2.12. The molecular formula is C15H17N5. The molecule has 0 aromatic heterocycles. The zero-order valence-electron chi connectivity index (χ0n) is 11.2. The molecule has 1 unspecified atom stereocenters. The van der Waals surface area contributed by atoms with Crippen molar-refractivity contribution in [1.29, 1.82) is 5.26 Å². The van der Waals surface area contributed by atoms with Crippen LogP contribution in [0.25, 0.3) is 0 Å². The van der Waals surface area contributed by atoms with E-state index in [0.717, 1.165) is 11.3 Å². The second kappa shape index (κ2) is 5.95. The van der Waals surface area contributed by atoms with Gasteiger partial charge in [0.2, 0.25) is 0 Å². The minimum atomic E-state index is -0.188. The van der Waals surface area contributed by atoms with Crippen LogP contribution in [0.15, 0.2) is 42.5 Å². The molecule has 0 saturated carbocycles. The summed E-state index contributed by atoms with van der Waals surface area (Å²) < 4.78 is 0. The third-order valence-corrected chi connectivity index (χ3v) is 3.01. The van der Waals surface area contributed by atoms with E-state index in [1.54, 1.807) is 24.3 Å². The normalized spacial score (nSPS) is 11.6. The number of anilines is 3. The van der Waals surface area contributed by atoms with Gasteiger partial charge in [0.1, 0.15) is 6.17 Å². The first-order valence-electron chi connectivity index (χ1n) is 6.23. The molecule has 0 aliphatic rings. The Labute approximate surface area is 118 Å². The summed E-state index contributed by atoms with van der Waals surface area (Å²) in [6.07, 6.45) is -0.188. The highest BCUT2D eigenvalue weighted by atomic mass is 15.1. The quantitative estimate of drug-likeness (QED) is 0.502. The molecule has 2 rings (SSSR count). The van der Waals surface area contributed by atoms with Crippen molar-refractivity contribution in [1.82, 2.24) is 5.32 Å². The Morgan fingerprint density at radius 1 is 1.15 bits per heavy atom. The summed E-state index contributed by atoms with van der Waals surface area (Å²) in [5.41, 5.74) is 15.4. The Hall–Kier alpha value is -2.71. The summed E-state index contributed by atoms with van der Waals surface area (Å²) in [6, 6.07) is 14.8. The van der Waals surface area contributed by atoms with Crippen molar-refractivity contribution in [3.63, 3.8) is 0 Å². The molecule has 0 aliphatic heterocycles. The largest absolute Gasteiger partial charge is 0.399 e. The van der Waals surface area contributed by atoms with Gasteiger partial charge >= 0.3 is 0 Å². The molecule has 0 saturated heterocycles. The molecule has 0 heterocycles. The number of nitrogens with zero attached hydrogens (tertiary/aromatic N) is 1. The zero-order valence-corrected chi connectivity index (χ0v) is 11.2. The number of benzene rings is 2. The first-order valence-corrected chi connectivity index (χ1v) is 6.23. The van der Waals surface area contributed by atoms with Crippen molar-refractivity contribution < 1.29 is 0 Å². The maximum atomic E-state index is 8.92. The SMILES string of the molecule is CNC(Nc1cccc(C#N)c1)c1cc(N)ccc1N. The van der Waals surface area contributed by atoms with Gasteiger partial charge in [-0.05, 0) is 43.4 Å². The van der Waals surface area contributed by atoms with Gasteiger partial charge in [-0.25, -0.2) is 0 Å². The summed E-state index contributed by atoms with van der Waals surface area (Å²) in [5, 5.41) is 15.4. The topological polar surface area (TPSA) is 99.9 Å². The summed E-state index contributed by atoms with van der Waals surface area (Å²) >= 11 is 0. The van der Waals surface area contributed by atoms with Crippen molar-refractivity contribution in [2.75, 3.05) is 23.8 Å². The lowest BCUT2D eigenvalue weighted by Crippen LogP contribution is -2.25. The number of rotatable bonds is 4. The maximum absolute atomic E-state index is 8.92. The molecule has 6 N–H and O–H groups in total. The molecule has 0 bridgehead atoms. The molecular weight excluding hydrogens is 250 g/mol. The second-order valence-electron chi connectivity index (χ2n) is 4.45. The Bertz CT molecular complexity index is 645. The van der Waals surface area contributed by atoms with E-state index in [1.807, 2.05) is 25.2 Å². The number of nitrogen functional groups attached to an aromatic ring is 2. The van der Waals surface area contributed by atoms with E-state index in [0.29, 0.717) is 16.9 Å². The number of nitriles is 1. The van der Waals surface area contributed by atoms with E-state index in [4.69, 9.17) is 16.7 Å². The predicted molar refractivity (Wildman–Crippen MR) is 81.8 cm³/mol. The molecule has 0 radical (unpaired) electrons. The molecule has 1 atom stereocenters. The molecule has 0 amide bonds. The molecule has 2 aromatic carbocycles. The lowest BCUT2D eigenvalue weighted by molar-refractivity contribution is 0.669. The Morgan fingerprint density at radius 3 is 2.65 bits per heavy atom. The van der Waals surface area contributed by atoms with E-state index in [-0.39, 0.29) is 6.17 Å². The molecule has 2 aromatic rings. The number of hydrogen-bond acceptors (Lipinski definition) is 5. The van der Waals surface area contributed by atoms with Crippen molar-refractivity contribution in [2.45, 2.75) is 6.17 Å². The Kier molecular flexibility index (Phi) is 4.08. The van der Waals surface area contributed by atoms with Crippen LogP contribution in [0.5, 0.6) is 0 Å². The van der Waals surface area contributed by atoms with Gasteiger partial charge in [0.25, 0.3) is 0 Å². The number of hydrogen-bond donors (Lipinski definition) is 4. The smallest absolute Gasteiger partial charge is 0.105 e. The minimum absolute atomic E-state index is 0.188. The van der Waals surface area contributed by atoms with Crippen molar-refractivity contribution in [3.8, 4) is 6.07 Å². The highest BCUT2D eigenvalue weighted by Crippen LogP contribution is 2.24. The van der Waals surface area contributed by atoms with Crippen molar-refractivity contribution >= 4 is 17.1 Å². The molecule has 0 aliphatic carbocycles. The maximum Gasteiger partial charge on any atom is 0.105 e.